The lowest BCUT2D eigenvalue weighted by atomic mass is 9.61. The van der Waals surface area contributed by atoms with Gasteiger partial charge in [0.15, 0.2) is 0 Å². The zero-order valence-corrected chi connectivity index (χ0v) is 16.6. The van der Waals surface area contributed by atoms with Gasteiger partial charge in [0.05, 0.1) is 17.7 Å². The first-order valence-corrected chi connectivity index (χ1v) is 10.9. The van der Waals surface area contributed by atoms with Crippen molar-refractivity contribution in [3.05, 3.63) is 71.5 Å². The Morgan fingerprint density at radius 2 is 2.07 bits per heavy atom. The first kappa shape index (κ1) is 17.6. The normalized spacial score (nSPS) is 23.7. The highest BCUT2D eigenvalue weighted by Crippen LogP contribution is 2.53. The second-order valence-electron chi connectivity index (χ2n) is 7.80. The highest BCUT2D eigenvalue weighted by molar-refractivity contribution is 7.13. The Hall–Kier alpha value is -2.53. The summed E-state index contributed by atoms with van der Waals surface area (Å²) < 4.78 is 0. The third-order valence-electron chi connectivity index (χ3n) is 6.29. The Morgan fingerprint density at radius 3 is 2.86 bits per heavy atom. The van der Waals surface area contributed by atoms with E-state index >= 15 is 0 Å². The third-order valence-corrected chi connectivity index (χ3v) is 7.23. The number of carbonyl (C=O) groups is 1. The van der Waals surface area contributed by atoms with E-state index in [9.17, 15) is 4.79 Å². The second-order valence-corrected chi connectivity index (χ2v) is 8.66. The maximum Gasteiger partial charge on any atom is 0.229 e. The molecular weight excluding hydrogens is 366 g/mol. The van der Waals surface area contributed by atoms with E-state index in [1.165, 1.54) is 24.8 Å². The molecule has 1 aliphatic carbocycles. The van der Waals surface area contributed by atoms with Crippen molar-refractivity contribution in [3.8, 4) is 10.6 Å². The fraction of sp³-hybridized carbons (Fsp3) is 0.348. The van der Waals surface area contributed by atoms with Crippen LogP contribution < -0.4 is 0 Å². The van der Waals surface area contributed by atoms with E-state index in [-0.39, 0.29) is 11.4 Å². The van der Waals surface area contributed by atoms with E-state index in [4.69, 9.17) is 4.98 Å². The molecule has 3 aromatic rings. The number of thiazole rings is 1. The molecule has 142 valence electrons. The van der Waals surface area contributed by atoms with Gasteiger partial charge in [0.25, 0.3) is 0 Å². The Balaban J connectivity index is 1.38. The molecule has 5 rings (SSSR count). The second kappa shape index (κ2) is 7.13. The van der Waals surface area contributed by atoms with E-state index in [2.05, 4.69) is 40.2 Å². The molecule has 0 N–H and O–H groups in total. The summed E-state index contributed by atoms with van der Waals surface area (Å²) in [4.78, 5) is 24.2. The van der Waals surface area contributed by atoms with Crippen molar-refractivity contribution in [1.82, 2.24) is 14.9 Å². The van der Waals surface area contributed by atoms with Gasteiger partial charge in [-0.05, 0) is 30.5 Å². The fourth-order valence-electron chi connectivity index (χ4n) is 4.94. The molecule has 28 heavy (non-hydrogen) atoms. The van der Waals surface area contributed by atoms with Crippen LogP contribution in [0.2, 0.25) is 0 Å². The van der Waals surface area contributed by atoms with E-state index < -0.39 is 0 Å². The van der Waals surface area contributed by atoms with Crippen LogP contribution in [-0.2, 0) is 16.8 Å². The summed E-state index contributed by atoms with van der Waals surface area (Å²) in [6, 6.07) is 14.5. The van der Waals surface area contributed by atoms with Gasteiger partial charge in [-0.2, -0.15) is 0 Å². The Bertz CT molecular complexity index is 972. The molecule has 2 aliphatic rings. The summed E-state index contributed by atoms with van der Waals surface area (Å²) in [5.41, 5.74) is 3.06. The number of pyridine rings is 1. The Morgan fingerprint density at radius 1 is 1.18 bits per heavy atom. The topological polar surface area (TPSA) is 46.1 Å². The van der Waals surface area contributed by atoms with E-state index in [0.717, 1.165) is 29.2 Å². The van der Waals surface area contributed by atoms with Gasteiger partial charge < -0.3 is 4.90 Å². The molecule has 0 bridgehead atoms. The first-order chi connectivity index (χ1) is 13.8. The van der Waals surface area contributed by atoms with Crippen molar-refractivity contribution < 1.29 is 4.79 Å². The third kappa shape index (κ3) is 2.85. The summed E-state index contributed by atoms with van der Waals surface area (Å²) in [6.45, 7) is 0.882. The predicted molar refractivity (Wildman–Crippen MR) is 111 cm³/mol. The number of likely N-dealkylation sites (tertiary alicyclic amines) is 1. The molecule has 0 spiro atoms. The van der Waals surface area contributed by atoms with E-state index in [1.54, 1.807) is 17.5 Å². The number of hydrogen-bond acceptors (Lipinski definition) is 4. The number of rotatable bonds is 4. The lowest BCUT2D eigenvalue weighted by molar-refractivity contribution is -0.166. The average Bonchev–Trinajstić information content (AvgIpc) is 3.19. The van der Waals surface area contributed by atoms with Crippen molar-refractivity contribution in [1.29, 1.82) is 0 Å². The molecular formula is C23H23N3OS. The van der Waals surface area contributed by atoms with Crippen LogP contribution in [0, 0.1) is 5.92 Å². The monoisotopic (exact) mass is 389 g/mol. The molecule has 1 saturated carbocycles. The van der Waals surface area contributed by atoms with Crippen LogP contribution in [0.5, 0.6) is 0 Å². The highest BCUT2D eigenvalue weighted by atomic mass is 32.1. The van der Waals surface area contributed by atoms with Crippen LogP contribution in [-0.4, -0.2) is 27.3 Å². The molecule has 2 fully saturated rings. The SMILES string of the molecule is O=C(Cc1csc(-c2cccnc2)n1)N1CC2CCCCC21c1ccccc1. The van der Waals surface area contributed by atoms with Crippen LogP contribution in [0.3, 0.4) is 0 Å². The molecule has 1 saturated heterocycles. The molecule has 1 amide bonds. The maximum atomic E-state index is 13.3. The molecule has 2 unspecified atom stereocenters. The molecule has 5 heteroatoms. The number of nitrogens with zero attached hydrogens (tertiary/aromatic N) is 3. The van der Waals surface area contributed by atoms with Crippen LogP contribution in [0.15, 0.2) is 60.2 Å². The molecule has 4 nitrogen and oxygen atoms in total. The van der Waals surface area contributed by atoms with Crippen LogP contribution in [0.4, 0.5) is 0 Å². The van der Waals surface area contributed by atoms with Gasteiger partial charge in [0.1, 0.15) is 5.01 Å². The summed E-state index contributed by atoms with van der Waals surface area (Å²) >= 11 is 1.58. The van der Waals surface area contributed by atoms with Crippen molar-refractivity contribution in [3.63, 3.8) is 0 Å². The van der Waals surface area contributed by atoms with Crippen molar-refractivity contribution in [2.45, 2.75) is 37.6 Å². The zero-order chi connectivity index (χ0) is 19.0. The summed E-state index contributed by atoms with van der Waals surface area (Å²) in [6.07, 6.45) is 8.72. The van der Waals surface area contributed by atoms with Gasteiger partial charge in [-0.1, -0.05) is 43.2 Å². The number of amides is 1. The van der Waals surface area contributed by atoms with Crippen molar-refractivity contribution in [2.24, 2.45) is 5.92 Å². The van der Waals surface area contributed by atoms with E-state index in [0.29, 0.717) is 12.3 Å². The van der Waals surface area contributed by atoms with Gasteiger partial charge in [0, 0.05) is 35.8 Å². The lowest BCUT2D eigenvalue weighted by Crippen LogP contribution is -2.67. The zero-order valence-electron chi connectivity index (χ0n) is 15.8. The molecule has 1 aliphatic heterocycles. The number of hydrogen-bond donors (Lipinski definition) is 0. The minimum absolute atomic E-state index is 0.0984. The molecule has 0 radical (unpaired) electrons. The minimum Gasteiger partial charge on any atom is -0.332 e. The van der Waals surface area contributed by atoms with Gasteiger partial charge in [-0.3, -0.25) is 9.78 Å². The van der Waals surface area contributed by atoms with Crippen molar-refractivity contribution >= 4 is 17.2 Å². The summed E-state index contributed by atoms with van der Waals surface area (Å²) in [7, 11) is 0. The summed E-state index contributed by atoms with van der Waals surface area (Å²) in [5.74, 6) is 0.791. The van der Waals surface area contributed by atoms with Crippen LogP contribution >= 0.6 is 11.3 Å². The summed E-state index contributed by atoms with van der Waals surface area (Å²) in [5, 5.41) is 2.93. The fourth-order valence-corrected chi connectivity index (χ4v) is 5.75. The lowest BCUT2D eigenvalue weighted by Gasteiger charge is -2.61. The van der Waals surface area contributed by atoms with Gasteiger partial charge in [0.2, 0.25) is 5.91 Å². The van der Waals surface area contributed by atoms with Gasteiger partial charge in [-0.15, -0.1) is 11.3 Å². The minimum atomic E-state index is -0.0984. The Kier molecular flexibility index (Phi) is 4.47. The largest absolute Gasteiger partial charge is 0.332 e. The molecule has 1 aromatic carbocycles. The quantitative estimate of drug-likeness (QED) is 0.651. The number of fused-ring (bicyclic) bond motifs is 1. The maximum absolute atomic E-state index is 13.3. The molecule has 2 atom stereocenters. The number of carbonyl (C=O) groups excluding carboxylic acids is 1. The van der Waals surface area contributed by atoms with Gasteiger partial charge in [-0.25, -0.2) is 4.98 Å². The standard InChI is InChI=1S/C23H23N3OS/c27-21(13-20-16-28-22(25-20)17-7-6-12-24-14-17)26-15-19-10-4-5-11-23(19,26)18-8-2-1-3-9-18/h1-3,6-9,12,14,16,19H,4-5,10-11,13,15H2. The molecule has 3 heterocycles. The van der Waals surface area contributed by atoms with Crippen LogP contribution in [0.25, 0.3) is 10.6 Å². The smallest absolute Gasteiger partial charge is 0.229 e. The van der Waals surface area contributed by atoms with Gasteiger partial charge >= 0.3 is 0 Å². The van der Waals surface area contributed by atoms with Crippen molar-refractivity contribution in [2.75, 3.05) is 6.54 Å². The Labute approximate surface area is 169 Å². The van der Waals surface area contributed by atoms with Crippen LogP contribution in [0.1, 0.15) is 36.9 Å². The predicted octanol–water partition coefficient (Wildman–Crippen LogP) is 4.68. The average molecular weight is 390 g/mol. The van der Waals surface area contributed by atoms with E-state index in [1.807, 2.05) is 23.7 Å². The highest BCUT2D eigenvalue weighted by Gasteiger charge is 2.56. The molecule has 2 aromatic heterocycles. The number of benzene rings is 1. The first-order valence-electron chi connectivity index (χ1n) is 9.98. The number of aromatic nitrogens is 2.